The molecule has 2 aromatic heterocycles. The Hall–Kier alpha value is -2.08. The van der Waals surface area contributed by atoms with Crippen LogP contribution in [0.5, 0.6) is 0 Å². The van der Waals surface area contributed by atoms with E-state index in [9.17, 15) is 9.50 Å². The minimum Gasteiger partial charge on any atom is -0.390 e. The fraction of sp³-hybridized carbons (Fsp3) is 0.640. The van der Waals surface area contributed by atoms with Gasteiger partial charge in [-0.3, -0.25) is 0 Å². The molecule has 2 atom stereocenters. The maximum Gasteiger partial charge on any atom is 0.179 e. The van der Waals surface area contributed by atoms with Crippen LogP contribution >= 0.6 is 11.8 Å². The molecule has 3 N–H and O–H groups in total. The van der Waals surface area contributed by atoms with Gasteiger partial charge in [0.15, 0.2) is 17.5 Å². The summed E-state index contributed by atoms with van der Waals surface area (Å²) in [5.41, 5.74) is 5.82. The number of piperidine rings is 1. The number of alkyl halides is 1. The number of nitrogens with two attached hydrogens (primary N) is 1. The zero-order valence-corrected chi connectivity index (χ0v) is 21.8. The normalized spacial score (nSPS) is 24.4. The molecule has 8 nitrogen and oxygen atoms in total. The van der Waals surface area contributed by atoms with E-state index in [1.54, 1.807) is 32.3 Å². The van der Waals surface area contributed by atoms with Crippen LogP contribution in [-0.2, 0) is 11.4 Å². The van der Waals surface area contributed by atoms with Gasteiger partial charge in [-0.15, -0.1) is 0 Å². The number of aromatic nitrogens is 3. The quantitative estimate of drug-likeness (QED) is 0.595. The lowest BCUT2D eigenvalue weighted by Crippen LogP contribution is -2.56. The highest BCUT2D eigenvalue weighted by molar-refractivity contribution is 7.99. The van der Waals surface area contributed by atoms with E-state index in [2.05, 4.69) is 19.9 Å². The second-order valence-corrected chi connectivity index (χ2v) is 11.9. The second kappa shape index (κ2) is 9.66. The van der Waals surface area contributed by atoms with Crippen LogP contribution in [0.1, 0.15) is 39.3 Å². The Bertz CT molecular complexity index is 1100. The predicted octanol–water partition coefficient (Wildman–Crippen LogP) is 3.17. The fourth-order valence-electron chi connectivity index (χ4n) is 5.37. The summed E-state index contributed by atoms with van der Waals surface area (Å²) < 4.78 is 35.1. The summed E-state index contributed by atoms with van der Waals surface area (Å²) in [4.78, 5) is 17.4. The first-order valence-corrected chi connectivity index (χ1v) is 13.3. The molecule has 11 heteroatoms. The SMILES string of the molecule is C[C@@H]1OCC2(CCN(c3ncc(Sc4ccnc(N5CC(C(C)(C)O)C5)c4F)nc3CF)CC2)[C@@H]1N. The maximum absolute atomic E-state index is 15.3. The van der Waals surface area contributed by atoms with Crippen molar-refractivity contribution >= 4 is 23.4 Å². The number of pyridine rings is 1. The average molecular weight is 521 g/mol. The molecule has 3 aliphatic rings. The molecule has 196 valence electrons. The van der Waals surface area contributed by atoms with Crippen LogP contribution in [-0.4, -0.2) is 70.6 Å². The third kappa shape index (κ3) is 4.66. The summed E-state index contributed by atoms with van der Waals surface area (Å²) in [7, 11) is 0. The molecule has 5 heterocycles. The monoisotopic (exact) mass is 520 g/mol. The Balaban J connectivity index is 1.28. The summed E-state index contributed by atoms with van der Waals surface area (Å²) in [5, 5.41) is 10.6. The first-order chi connectivity index (χ1) is 17.1. The number of nitrogens with zero attached hydrogens (tertiary/aromatic N) is 5. The van der Waals surface area contributed by atoms with Crippen LogP contribution in [0.25, 0.3) is 0 Å². The Morgan fingerprint density at radius 2 is 1.94 bits per heavy atom. The highest BCUT2D eigenvalue weighted by Crippen LogP contribution is 2.42. The summed E-state index contributed by atoms with van der Waals surface area (Å²) in [6.45, 7) is 7.93. The second-order valence-electron chi connectivity index (χ2n) is 10.8. The van der Waals surface area contributed by atoms with Gasteiger partial charge in [0.25, 0.3) is 0 Å². The maximum atomic E-state index is 15.3. The van der Waals surface area contributed by atoms with Gasteiger partial charge >= 0.3 is 0 Å². The molecule has 0 saturated carbocycles. The van der Waals surface area contributed by atoms with Crippen LogP contribution in [0.4, 0.5) is 20.4 Å². The van der Waals surface area contributed by atoms with Crippen LogP contribution < -0.4 is 15.5 Å². The Kier molecular flexibility index (Phi) is 6.86. The topological polar surface area (TPSA) is 101 Å². The summed E-state index contributed by atoms with van der Waals surface area (Å²) in [6, 6.07) is 1.59. The Morgan fingerprint density at radius 1 is 1.22 bits per heavy atom. The van der Waals surface area contributed by atoms with Crippen molar-refractivity contribution in [1.82, 2.24) is 15.0 Å². The van der Waals surface area contributed by atoms with Gasteiger partial charge in [0.05, 0.1) is 29.4 Å². The molecule has 0 amide bonds. The first-order valence-electron chi connectivity index (χ1n) is 12.4. The molecule has 3 aliphatic heterocycles. The fourth-order valence-corrected chi connectivity index (χ4v) is 6.16. The van der Waals surface area contributed by atoms with E-state index in [4.69, 9.17) is 10.5 Å². The highest BCUT2D eigenvalue weighted by Gasteiger charge is 2.47. The molecule has 0 bridgehead atoms. The van der Waals surface area contributed by atoms with Crippen LogP contribution in [0.2, 0.25) is 0 Å². The van der Waals surface area contributed by atoms with Gasteiger partial charge in [-0.2, -0.15) is 0 Å². The molecule has 36 heavy (non-hydrogen) atoms. The van der Waals surface area contributed by atoms with Gasteiger partial charge in [-0.05, 0) is 39.7 Å². The van der Waals surface area contributed by atoms with Gasteiger partial charge in [-0.1, -0.05) is 11.8 Å². The highest BCUT2D eigenvalue weighted by atomic mass is 32.2. The number of ether oxygens (including phenoxy) is 1. The Morgan fingerprint density at radius 3 is 2.56 bits per heavy atom. The first kappa shape index (κ1) is 25.6. The number of anilines is 2. The number of halogens is 2. The molecule has 3 fully saturated rings. The zero-order valence-electron chi connectivity index (χ0n) is 21.0. The molecule has 0 radical (unpaired) electrons. The molecule has 2 aromatic rings. The molecule has 3 saturated heterocycles. The van der Waals surface area contributed by atoms with Crippen molar-refractivity contribution in [3.8, 4) is 0 Å². The van der Waals surface area contributed by atoms with Crippen LogP contribution in [0.3, 0.4) is 0 Å². The number of rotatable bonds is 6. The van der Waals surface area contributed by atoms with Crippen molar-refractivity contribution < 1.29 is 18.6 Å². The molecule has 0 unspecified atom stereocenters. The molecule has 5 rings (SSSR count). The lowest BCUT2D eigenvalue weighted by molar-refractivity contribution is 0.00416. The van der Waals surface area contributed by atoms with Crippen molar-refractivity contribution in [2.45, 2.75) is 68.0 Å². The number of aliphatic hydroxyl groups is 1. The van der Waals surface area contributed by atoms with E-state index in [0.29, 0.717) is 48.5 Å². The molecule has 0 aromatic carbocycles. The molecular formula is C25H34F2N6O2S. The van der Waals surface area contributed by atoms with E-state index in [1.807, 2.05) is 11.8 Å². The van der Waals surface area contributed by atoms with Crippen LogP contribution in [0.15, 0.2) is 28.4 Å². The molecule has 1 spiro atoms. The van der Waals surface area contributed by atoms with E-state index in [1.165, 1.54) is 0 Å². The number of hydrogen-bond acceptors (Lipinski definition) is 9. The summed E-state index contributed by atoms with van der Waals surface area (Å²) >= 11 is 1.10. The lowest BCUT2D eigenvalue weighted by atomic mass is 9.73. The Labute approximate surface area is 214 Å². The van der Waals surface area contributed by atoms with Crippen molar-refractivity contribution in [1.29, 1.82) is 0 Å². The van der Waals surface area contributed by atoms with E-state index in [0.717, 1.165) is 24.6 Å². The van der Waals surface area contributed by atoms with Crippen molar-refractivity contribution in [3.05, 3.63) is 30.0 Å². The van der Waals surface area contributed by atoms with Crippen LogP contribution in [0, 0.1) is 17.2 Å². The summed E-state index contributed by atoms with van der Waals surface area (Å²) in [5.74, 6) is 0.397. The van der Waals surface area contributed by atoms with E-state index >= 15 is 4.39 Å². The summed E-state index contributed by atoms with van der Waals surface area (Å²) in [6.07, 6.45) is 4.89. The third-order valence-electron chi connectivity index (χ3n) is 8.06. The average Bonchev–Trinajstić information content (AvgIpc) is 3.08. The molecular weight excluding hydrogens is 486 g/mol. The predicted molar refractivity (Wildman–Crippen MR) is 134 cm³/mol. The van der Waals surface area contributed by atoms with Gasteiger partial charge < -0.3 is 25.4 Å². The standard InChI is InChI=1S/C25H34F2N6O2S/c1-15-21(28)25(14-35-15)5-8-32(9-6-25)22-17(10-26)31-19(11-30-22)36-18-4-7-29-23(20(18)27)33-12-16(13-33)24(2,3)34/h4,7,11,15-16,21,34H,5-6,8-10,12-14,28H2,1-3H3/t15-,21+/m0/s1. The van der Waals surface area contributed by atoms with Gasteiger partial charge in [-0.25, -0.2) is 23.7 Å². The van der Waals surface area contributed by atoms with Crippen molar-refractivity contribution in [2.24, 2.45) is 17.1 Å². The zero-order chi connectivity index (χ0) is 25.7. The van der Waals surface area contributed by atoms with Crippen molar-refractivity contribution in [3.63, 3.8) is 0 Å². The van der Waals surface area contributed by atoms with Crippen molar-refractivity contribution in [2.75, 3.05) is 42.6 Å². The van der Waals surface area contributed by atoms with E-state index < -0.39 is 18.1 Å². The smallest absolute Gasteiger partial charge is 0.179 e. The lowest BCUT2D eigenvalue weighted by Gasteiger charge is -2.45. The minimum absolute atomic E-state index is 0.00239. The van der Waals surface area contributed by atoms with E-state index in [-0.39, 0.29) is 35.0 Å². The molecule has 0 aliphatic carbocycles. The number of hydrogen-bond donors (Lipinski definition) is 2. The third-order valence-corrected chi connectivity index (χ3v) is 9.00. The largest absolute Gasteiger partial charge is 0.390 e. The van der Waals surface area contributed by atoms with Gasteiger partial charge in [0.2, 0.25) is 0 Å². The minimum atomic E-state index is -0.816. The van der Waals surface area contributed by atoms with Gasteiger partial charge in [0, 0.05) is 49.8 Å². The van der Waals surface area contributed by atoms with Gasteiger partial charge in [0.1, 0.15) is 17.4 Å².